The van der Waals surface area contributed by atoms with Crippen LogP contribution in [-0.4, -0.2) is 47.9 Å². The SMILES string of the molecule is CCCc1nc(SCC(=O)Nc2ccccc2N2CCOCC2)c2ccccc2n1. The second kappa shape index (κ2) is 9.91. The summed E-state index contributed by atoms with van der Waals surface area (Å²) < 4.78 is 5.45. The average molecular weight is 423 g/mol. The summed E-state index contributed by atoms with van der Waals surface area (Å²) in [5.74, 6) is 1.08. The highest BCUT2D eigenvalue weighted by atomic mass is 32.2. The van der Waals surface area contributed by atoms with E-state index in [4.69, 9.17) is 9.72 Å². The first-order valence-corrected chi connectivity index (χ1v) is 11.3. The van der Waals surface area contributed by atoms with Crippen LogP contribution in [0.4, 0.5) is 11.4 Å². The molecule has 0 saturated carbocycles. The Hall–Kier alpha value is -2.64. The Morgan fingerprint density at radius 3 is 2.70 bits per heavy atom. The van der Waals surface area contributed by atoms with Gasteiger partial charge in [0, 0.05) is 24.9 Å². The van der Waals surface area contributed by atoms with Crippen molar-refractivity contribution in [1.82, 2.24) is 9.97 Å². The fourth-order valence-corrected chi connectivity index (χ4v) is 4.36. The quantitative estimate of drug-likeness (QED) is 0.456. The maximum absolute atomic E-state index is 12.7. The number of carbonyl (C=O) groups is 1. The van der Waals surface area contributed by atoms with Crippen LogP contribution in [0.1, 0.15) is 19.2 Å². The molecule has 6 nitrogen and oxygen atoms in total. The molecule has 1 amide bonds. The maximum atomic E-state index is 12.7. The van der Waals surface area contributed by atoms with Crippen molar-refractivity contribution < 1.29 is 9.53 Å². The van der Waals surface area contributed by atoms with Crippen LogP contribution in [0.3, 0.4) is 0 Å². The predicted molar refractivity (Wildman–Crippen MR) is 122 cm³/mol. The molecule has 0 spiro atoms. The largest absolute Gasteiger partial charge is 0.378 e. The number of benzene rings is 2. The predicted octanol–water partition coefficient (Wildman–Crippen LogP) is 4.15. The van der Waals surface area contributed by atoms with Gasteiger partial charge in [0.25, 0.3) is 0 Å². The van der Waals surface area contributed by atoms with Crippen molar-refractivity contribution in [2.45, 2.75) is 24.8 Å². The van der Waals surface area contributed by atoms with E-state index in [0.717, 1.165) is 59.1 Å². The molecule has 1 fully saturated rings. The zero-order chi connectivity index (χ0) is 20.8. The monoisotopic (exact) mass is 422 g/mol. The first kappa shape index (κ1) is 20.6. The summed E-state index contributed by atoms with van der Waals surface area (Å²) >= 11 is 1.46. The Kier molecular flexibility index (Phi) is 6.81. The first-order chi connectivity index (χ1) is 14.7. The molecule has 0 unspecified atom stereocenters. The van der Waals surface area contributed by atoms with Crippen molar-refractivity contribution in [2.24, 2.45) is 0 Å². The van der Waals surface area contributed by atoms with Crippen molar-refractivity contribution in [1.29, 1.82) is 0 Å². The maximum Gasteiger partial charge on any atom is 0.234 e. The van der Waals surface area contributed by atoms with Crippen LogP contribution in [0.2, 0.25) is 0 Å². The van der Waals surface area contributed by atoms with Crippen molar-refractivity contribution in [2.75, 3.05) is 42.3 Å². The van der Waals surface area contributed by atoms with Gasteiger partial charge in [-0.2, -0.15) is 0 Å². The number of para-hydroxylation sites is 3. The van der Waals surface area contributed by atoms with Crippen LogP contribution in [0, 0.1) is 0 Å². The first-order valence-electron chi connectivity index (χ1n) is 10.3. The standard InChI is InChI=1S/C23H26N4O2S/c1-2-7-21-24-18-9-4-3-8-17(18)23(26-21)30-16-22(28)25-19-10-5-6-11-20(19)27-12-14-29-15-13-27/h3-6,8-11H,2,7,12-16H2,1H3,(H,25,28). The van der Waals surface area contributed by atoms with E-state index < -0.39 is 0 Å². The number of anilines is 2. The van der Waals surface area contributed by atoms with E-state index in [1.165, 1.54) is 11.8 Å². The zero-order valence-electron chi connectivity index (χ0n) is 17.1. The molecule has 1 aliphatic heterocycles. The smallest absolute Gasteiger partial charge is 0.234 e. The van der Waals surface area contributed by atoms with Gasteiger partial charge in [0.05, 0.1) is 35.9 Å². The van der Waals surface area contributed by atoms with Gasteiger partial charge in [-0.3, -0.25) is 4.79 Å². The molecular formula is C23H26N4O2S. The Morgan fingerprint density at radius 1 is 1.10 bits per heavy atom. The fourth-order valence-electron chi connectivity index (χ4n) is 3.52. The second-order valence-electron chi connectivity index (χ2n) is 7.17. The van der Waals surface area contributed by atoms with E-state index in [-0.39, 0.29) is 5.91 Å². The van der Waals surface area contributed by atoms with Gasteiger partial charge in [0.15, 0.2) is 0 Å². The van der Waals surface area contributed by atoms with Crippen LogP contribution in [0.25, 0.3) is 10.9 Å². The molecule has 0 atom stereocenters. The summed E-state index contributed by atoms with van der Waals surface area (Å²) in [6.07, 6.45) is 1.82. The van der Waals surface area contributed by atoms with Crippen molar-refractivity contribution in [3.63, 3.8) is 0 Å². The summed E-state index contributed by atoms with van der Waals surface area (Å²) in [6, 6.07) is 15.9. The number of nitrogens with zero attached hydrogens (tertiary/aromatic N) is 3. The number of carbonyl (C=O) groups excluding carboxylic acids is 1. The van der Waals surface area contributed by atoms with E-state index in [1.807, 2.05) is 48.5 Å². The van der Waals surface area contributed by atoms with E-state index in [1.54, 1.807) is 0 Å². The lowest BCUT2D eigenvalue weighted by Crippen LogP contribution is -2.36. The van der Waals surface area contributed by atoms with Crippen molar-refractivity contribution in [3.8, 4) is 0 Å². The minimum atomic E-state index is -0.0413. The number of aryl methyl sites for hydroxylation is 1. The number of rotatable bonds is 7. The van der Waals surface area contributed by atoms with Crippen molar-refractivity contribution >= 4 is 39.9 Å². The number of nitrogens with one attached hydrogen (secondary N) is 1. The van der Waals surface area contributed by atoms with E-state index >= 15 is 0 Å². The average Bonchev–Trinajstić information content (AvgIpc) is 2.79. The molecular weight excluding hydrogens is 396 g/mol. The summed E-state index contributed by atoms with van der Waals surface area (Å²) in [7, 11) is 0. The molecule has 7 heteroatoms. The van der Waals surface area contributed by atoms with Gasteiger partial charge in [0.1, 0.15) is 10.9 Å². The highest BCUT2D eigenvalue weighted by Crippen LogP contribution is 2.28. The number of hydrogen-bond donors (Lipinski definition) is 1. The lowest BCUT2D eigenvalue weighted by molar-refractivity contribution is -0.113. The molecule has 0 aliphatic carbocycles. The van der Waals surface area contributed by atoms with Crippen LogP contribution in [0.15, 0.2) is 53.6 Å². The van der Waals surface area contributed by atoms with E-state index in [9.17, 15) is 4.79 Å². The van der Waals surface area contributed by atoms with Gasteiger partial charge in [-0.15, -0.1) is 0 Å². The van der Waals surface area contributed by atoms with Crippen LogP contribution >= 0.6 is 11.8 Å². The minimum Gasteiger partial charge on any atom is -0.378 e. The Bertz CT molecular complexity index is 1020. The van der Waals surface area contributed by atoms with Crippen molar-refractivity contribution in [3.05, 3.63) is 54.4 Å². The fraction of sp³-hybridized carbons (Fsp3) is 0.348. The van der Waals surface area contributed by atoms with Gasteiger partial charge < -0.3 is 15.0 Å². The Morgan fingerprint density at radius 2 is 1.87 bits per heavy atom. The van der Waals surface area contributed by atoms with E-state index in [2.05, 4.69) is 22.1 Å². The lowest BCUT2D eigenvalue weighted by atomic mass is 10.2. The van der Waals surface area contributed by atoms with Gasteiger partial charge in [0.2, 0.25) is 5.91 Å². The molecule has 1 saturated heterocycles. The third kappa shape index (κ3) is 4.91. The molecule has 1 aliphatic rings. The molecule has 0 bridgehead atoms. The highest BCUT2D eigenvalue weighted by Gasteiger charge is 2.16. The number of ether oxygens (including phenoxy) is 1. The summed E-state index contributed by atoms with van der Waals surface area (Å²) in [6.45, 7) is 5.19. The second-order valence-corrected chi connectivity index (χ2v) is 8.13. The van der Waals surface area contributed by atoms with Crippen LogP contribution in [0.5, 0.6) is 0 Å². The van der Waals surface area contributed by atoms with Gasteiger partial charge in [-0.05, 0) is 24.6 Å². The molecule has 3 aromatic rings. The third-order valence-electron chi connectivity index (χ3n) is 4.96. The van der Waals surface area contributed by atoms with Crippen LogP contribution < -0.4 is 10.2 Å². The molecule has 2 aromatic carbocycles. The molecule has 1 aromatic heterocycles. The lowest BCUT2D eigenvalue weighted by Gasteiger charge is -2.30. The molecule has 30 heavy (non-hydrogen) atoms. The number of hydrogen-bond acceptors (Lipinski definition) is 6. The molecule has 2 heterocycles. The molecule has 0 radical (unpaired) electrons. The van der Waals surface area contributed by atoms with E-state index in [0.29, 0.717) is 19.0 Å². The Labute approximate surface area is 181 Å². The number of amides is 1. The topological polar surface area (TPSA) is 67.4 Å². The summed E-state index contributed by atoms with van der Waals surface area (Å²) in [5.41, 5.74) is 2.80. The number of fused-ring (bicyclic) bond motifs is 1. The Balaban J connectivity index is 1.47. The molecule has 156 valence electrons. The third-order valence-corrected chi connectivity index (χ3v) is 5.95. The van der Waals surface area contributed by atoms with Gasteiger partial charge in [-0.25, -0.2) is 9.97 Å². The summed E-state index contributed by atoms with van der Waals surface area (Å²) in [4.78, 5) is 24.4. The number of thioether (sulfide) groups is 1. The number of morpholine rings is 1. The minimum absolute atomic E-state index is 0.0413. The summed E-state index contributed by atoms with van der Waals surface area (Å²) in [5, 5.41) is 4.93. The normalized spacial score (nSPS) is 14.1. The zero-order valence-corrected chi connectivity index (χ0v) is 18.0. The van der Waals surface area contributed by atoms with Gasteiger partial charge >= 0.3 is 0 Å². The molecule has 1 N–H and O–H groups in total. The highest BCUT2D eigenvalue weighted by molar-refractivity contribution is 8.00. The van der Waals surface area contributed by atoms with Crippen LogP contribution in [-0.2, 0) is 16.0 Å². The van der Waals surface area contributed by atoms with Gasteiger partial charge in [-0.1, -0.05) is 49.0 Å². The molecule has 4 rings (SSSR count). The number of aromatic nitrogens is 2.